The zero-order valence-corrected chi connectivity index (χ0v) is 10.2. The summed E-state index contributed by atoms with van der Waals surface area (Å²) < 4.78 is 0. The van der Waals surface area contributed by atoms with E-state index in [2.05, 4.69) is 20.8 Å². The average Bonchev–Trinajstić information content (AvgIpc) is 1.95. The van der Waals surface area contributed by atoms with E-state index in [1.165, 1.54) is 0 Å². The Morgan fingerprint density at radius 1 is 1.36 bits per heavy atom. The van der Waals surface area contributed by atoms with Crippen LogP contribution in [0.4, 0.5) is 0 Å². The lowest BCUT2D eigenvalue weighted by molar-refractivity contribution is -0.146. The van der Waals surface area contributed by atoms with Gasteiger partial charge in [0, 0.05) is 6.04 Å². The molecule has 0 aromatic rings. The number of hydrogen-bond acceptors (Lipinski definition) is 2. The highest BCUT2D eigenvalue weighted by molar-refractivity contribution is 5.71. The quantitative estimate of drug-likeness (QED) is 0.757. The highest BCUT2D eigenvalue weighted by Crippen LogP contribution is 2.30. The van der Waals surface area contributed by atoms with Gasteiger partial charge in [-0.25, -0.2) is 0 Å². The van der Waals surface area contributed by atoms with Crippen LogP contribution in [0.25, 0.3) is 0 Å². The number of carbonyl (C=O) groups is 1. The number of rotatable bonds is 4. The molecule has 0 bridgehead atoms. The van der Waals surface area contributed by atoms with Crippen molar-refractivity contribution in [1.29, 1.82) is 0 Å². The van der Waals surface area contributed by atoms with Crippen LogP contribution in [-0.4, -0.2) is 36.1 Å². The molecule has 3 nitrogen and oxygen atoms in total. The number of carboxylic acid groups (broad SMARTS) is 1. The van der Waals surface area contributed by atoms with Gasteiger partial charge in [0.2, 0.25) is 0 Å². The zero-order chi connectivity index (χ0) is 11.5. The van der Waals surface area contributed by atoms with E-state index in [0.717, 1.165) is 0 Å². The Bertz CT molecular complexity index is 194. The van der Waals surface area contributed by atoms with Gasteiger partial charge in [-0.05, 0) is 25.9 Å². The molecule has 3 heteroatoms. The first-order valence-electron chi connectivity index (χ1n) is 5.11. The lowest BCUT2D eigenvalue weighted by Gasteiger charge is -2.39. The molecular weight excluding hydrogens is 178 g/mol. The maximum Gasteiger partial charge on any atom is 0.308 e. The van der Waals surface area contributed by atoms with Gasteiger partial charge in [-0.1, -0.05) is 27.7 Å². The molecule has 0 aromatic heterocycles. The van der Waals surface area contributed by atoms with Crippen molar-refractivity contribution in [1.82, 2.24) is 4.90 Å². The summed E-state index contributed by atoms with van der Waals surface area (Å²) in [6, 6.07) is 0.0741. The molecule has 0 aromatic carbocycles. The van der Waals surface area contributed by atoms with Gasteiger partial charge < -0.3 is 10.0 Å². The second kappa shape index (κ2) is 4.78. The van der Waals surface area contributed by atoms with Crippen LogP contribution in [-0.2, 0) is 4.79 Å². The summed E-state index contributed by atoms with van der Waals surface area (Å²) in [7, 11) is 3.89. The van der Waals surface area contributed by atoms with E-state index in [0.29, 0.717) is 6.42 Å². The predicted octanol–water partition coefficient (Wildman–Crippen LogP) is 2.07. The van der Waals surface area contributed by atoms with E-state index in [-0.39, 0.29) is 17.4 Å². The van der Waals surface area contributed by atoms with Gasteiger partial charge in [0.1, 0.15) is 0 Å². The highest BCUT2D eigenvalue weighted by Gasteiger charge is 2.36. The van der Waals surface area contributed by atoms with Crippen molar-refractivity contribution in [2.24, 2.45) is 11.3 Å². The Hall–Kier alpha value is -0.570. The lowest BCUT2D eigenvalue weighted by atomic mass is 9.77. The lowest BCUT2D eigenvalue weighted by Crippen LogP contribution is -2.47. The normalized spacial score (nSPS) is 16.8. The Kier molecular flexibility index (Phi) is 4.59. The van der Waals surface area contributed by atoms with E-state index >= 15 is 0 Å². The maximum atomic E-state index is 11.1. The molecule has 0 radical (unpaired) electrons. The molecular formula is C11H23NO2. The summed E-state index contributed by atoms with van der Waals surface area (Å²) in [6.45, 7) is 8.19. The number of carboxylic acids is 1. The second-order valence-electron chi connectivity index (χ2n) is 5.13. The Labute approximate surface area is 87.1 Å². The Morgan fingerprint density at radius 3 is 1.86 bits per heavy atom. The van der Waals surface area contributed by atoms with Gasteiger partial charge in [-0.15, -0.1) is 0 Å². The molecule has 2 atom stereocenters. The van der Waals surface area contributed by atoms with Crippen LogP contribution in [0.5, 0.6) is 0 Å². The van der Waals surface area contributed by atoms with Gasteiger partial charge >= 0.3 is 5.97 Å². The van der Waals surface area contributed by atoms with Gasteiger partial charge in [-0.2, -0.15) is 0 Å². The number of nitrogens with zero attached hydrogens (tertiary/aromatic N) is 1. The molecule has 1 N–H and O–H groups in total. The third kappa shape index (κ3) is 3.29. The standard InChI is InChI=1S/C11H23NO2/c1-7-8(10(13)14)9(12(5)6)11(2,3)4/h8-9H,7H2,1-6H3,(H,13,14). The van der Waals surface area contributed by atoms with Crippen molar-refractivity contribution in [3.8, 4) is 0 Å². The first-order chi connectivity index (χ1) is 6.21. The smallest absolute Gasteiger partial charge is 0.308 e. The molecule has 0 amide bonds. The third-order valence-electron chi connectivity index (χ3n) is 2.58. The van der Waals surface area contributed by atoms with Gasteiger partial charge in [-0.3, -0.25) is 4.79 Å². The highest BCUT2D eigenvalue weighted by atomic mass is 16.4. The van der Waals surface area contributed by atoms with Gasteiger partial charge in [0.25, 0.3) is 0 Å². The van der Waals surface area contributed by atoms with Crippen molar-refractivity contribution in [3.05, 3.63) is 0 Å². The van der Waals surface area contributed by atoms with Crippen molar-refractivity contribution in [2.75, 3.05) is 14.1 Å². The van der Waals surface area contributed by atoms with Crippen LogP contribution in [0.3, 0.4) is 0 Å². The minimum atomic E-state index is -0.693. The summed E-state index contributed by atoms with van der Waals surface area (Å²) in [5.41, 5.74) is -0.0113. The molecule has 0 rings (SSSR count). The molecule has 0 fully saturated rings. The van der Waals surface area contributed by atoms with Crippen molar-refractivity contribution in [3.63, 3.8) is 0 Å². The fraction of sp³-hybridized carbons (Fsp3) is 0.909. The molecule has 84 valence electrons. The molecule has 0 saturated heterocycles. The number of hydrogen-bond donors (Lipinski definition) is 1. The molecule has 0 aliphatic heterocycles. The third-order valence-corrected chi connectivity index (χ3v) is 2.58. The van der Waals surface area contributed by atoms with Crippen LogP contribution >= 0.6 is 0 Å². The Morgan fingerprint density at radius 2 is 1.79 bits per heavy atom. The van der Waals surface area contributed by atoms with Crippen LogP contribution in [0.2, 0.25) is 0 Å². The van der Waals surface area contributed by atoms with Crippen LogP contribution in [0, 0.1) is 11.3 Å². The minimum absolute atomic E-state index is 0.0113. The van der Waals surface area contributed by atoms with E-state index < -0.39 is 5.97 Å². The minimum Gasteiger partial charge on any atom is -0.481 e. The van der Waals surface area contributed by atoms with E-state index in [4.69, 9.17) is 5.11 Å². The molecule has 0 aliphatic carbocycles. The van der Waals surface area contributed by atoms with Crippen molar-refractivity contribution < 1.29 is 9.90 Å². The zero-order valence-electron chi connectivity index (χ0n) is 10.2. The SMILES string of the molecule is CCC(C(=O)O)C(N(C)C)C(C)(C)C. The van der Waals surface area contributed by atoms with Gasteiger partial charge in [0.05, 0.1) is 5.92 Å². The second-order valence-corrected chi connectivity index (χ2v) is 5.13. The molecule has 0 spiro atoms. The summed E-state index contributed by atoms with van der Waals surface area (Å²) in [6.07, 6.45) is 0.676. The summed E-state index contributed by atoms with van der Waals surface area (Å²) >= 11 is 0. The monoisotopic (exact) mass is 201 g/mol. The summed E-state index contributed by atoms with van der Waals surface area (Å²) in [4.78, 5) is 13.1. The molecule has 2 unspecified atom stereocenters. The van der Waals surface area contributed by atoms with E-state index in [1.54, 1.807) is 0 Å². The summed E-state index contributed by atoms with van der Waals surface area (Å²) in [5.74, 6) is -0.980. The molecule has 14 heavy (non-hydrogen) atoms. The number of aliphatic carboxylic acids is 1. The molecule has 0 saturated carbocycles. The van der Waals surface area contributed by atoms with Crippen molar-refractivity contribution in [2.45, 2.75) is 40.2 Å². The Balaban J connectivity index is 4.89. The average molecular weight is 201 g/mol. The maximum absolute atomic E-state index is 11.1. The van der Waals surface area contributed by atoms with Crippen molar-refractivity contribution >= 4 is 5.97 Å². The largest absolute Gasteiger partial charge is 0.481 e. The van der Waals surface area contributed by atoms with Gasteiger partial charge in [0.15, 0.2) is 0 Å². The molecule has 0 aliphatic rings. The van der Waals surface area contributed by atoms with Crippen LogP contribution < -0.4 is 0 Å². The topological polar surface area (TPSA) is 40.5 Å². The first-order valence-corrected chi connectivity index (χ1v) is 5.11. The fourth-order valence-corrected chi connectivity index (χ4v) is 2.27. The fourth-order valence-electron chi connectivity index (χ4n) is 2.27. The van der Waals surface area contributed by atoms with Crippen LogP contribution in [0.15, 0.2) is 0 Å². The molecule has 0 heterocycles. The van der Waals surface area contributed by atoms with E-state index in [9.17, 15) is 4.79 Å². The first kappa shape index (κ1) is 13.4. The van der Waals surface area contributed by atoms with Crippen LogP contribution in [0.1, 0.15) is 34.1 Å². The predicted molar refractivity (Wildman–Crippen MR) is 58.3 cm³/mol. The van der Waals surface area contributed by atoms with E-state index in [1.807, 2.05) is 25.9 Å². The summed E-state index contributed by atoms with van der Waals surface area (Å²) in [5, 5.41) is 9.13.